The summed E-state index contributed by atoms with van der Waals surface area (Å²) in [5, 5.41) is 1.64. The Balaban J connectivity index is 1.83. The van der Waals surface area contributed by atoms with Gasteiger partial charge in [0.2, 0.25) is 5.91 Å². The standard InChI is InChI=1S/C12H20N2O2/c1-9(15)6-7-14-12(16)8-11(13-14)10-4-2-3-5-10/h10-11,13H,2-8H2,1H3. The quantitative estimate of drug-likeness (QED) is 0.782. The van der Waals surface area contributed by atoms with Gasteiger partial charge in [-0.2, -0.15) is 0 Å². The molecule has 0 aromatic carbocycles. The average molecular weight is 224 g/mol. The van der Waals surface area contributed by atoms with Crippen molar-refractivity contribution in [3.8, 4) is 0 Å². The molecule has 2 aliphatic rings. The van der Waals surface area contributed by atoms with Crippen molar-refractivity contribution in [2.75, 3.05) is 6.54 Å². The molecule has 1 saturated heterocycles. The number of nitrogens with one attached hydrogen (secondary N) is 1. The van der Waals surface area contributed by atoms with Crippen molar-refractivity contribution in [3.63, 3.8) is 0 Å². The summed E-state index contributed by atoms with van der Waals surface area (Å²) < 4.78 is 0. The lowest BCUT2D eigenvalue weighted by molar-refractivity contribution is -0.130. The Labute approximate surface area is 96.3 Å². The average Bonchev–Trinajstić information content (AvgIpc) is 2.83. The molecule has 4 heteroatoms. The molecule has 1 aliphatic carbocycles. The van der Waals surface area contributed by atoms with E-state index < -0.39 is 0 Å². The van der Waals surface area contributed by atoms with Gasteiger partial charge in [-0.25, -0.2) is 5.43 Å². The van der Waals surface area contributed by atoms with Crippen LogP contribution in [0.15, 0.2) is 0 Å². The first-order valence-electron chi connectivity index (χ1n) is 6.23. The van der Waals surface area contributed by atoms with Crippen LogP contribution in [0.25, 0.3) is 0 Å². The molecule has 1 unspecified atom stereocenters. The van der Waals surface area contributed by atoms with E-state index in [1.807, 2.05) is 0 Å². The van der Waals surface area contributed by atoms with Crippen LogP contribution in [-0.4, -0.2) is 29.3 Å². The number of carbonyl (C=O) groups excluding carboxylic acids is 2. The molecule has 0 aromatic heterocycles. The van der Waals surface area contributed by atoms with Crippen molar-refractivity contribution in [2.45, 2.75) is 51.5 Å². The van der Waals surface area contributed by atoms with E-state index in [2.05, 4.69) is 5.43 Å². The fourth-order valence-electron chi connectivity index (χ4n) is 2.71. The summed E-state index contributed by atoms with van der Waals surface area (Å²) in [5.41, 5.74) is 3.27. The van der Waals surface area contributed by atoms with Gasteiger partial charge >= 0.3 is 0 Å². The molecular formula is C12H20N2O2. The molecule has 1 N–H and O–H groups in total. The Morgan fingerprint density at radius 3 is 2.75 bits per heavy atom. The molecular weight excluding hydrogens is 204 g/mol. The highest BCUT2D eigenvalue weighted by atomic mass is 16.2. The van der Waals surface area contributed by atoms with Crippen molar-refractivity contribution in [1.82, 2.24) is 10.4 Å². The normalized spacial score (nSPS) is 26.7. The van der Waals surface area contributed by atoms with Gasteiger partial charge in [0.25, 0.3) is 0 Å². The lowest BCUT2D eigenvalue weighted by Crippen LogP contribution is -2.40. The molecule has 2 rings (SSSR count). The lowest BCUT2D eigenvalue weighted by Gasteiger charge is -2.20. The Bertz CT molecular complexity index is 285. The maximum absolute atomic E-state index is 11.7. The highest BCUT2D eigenvalue weighted by molar-refractivity contribution is 5.80. The van der Waals surface area contributed by atoms with E-state index in [1.54, 1.807) is 11.9 Å². The van der Waals surface area contributed by atoms with Gasteiger partial charge in [-0.05, 0) is 25.7 Å². The summed E-state index contributed by atoms with van der Waals surface area (Å²) in [6.07, 6.45) is 6.14. The minimum Gasteiger partial charge on any atom is -0.300 e. The van der Waals surface area contributed by atoms with Gasteiger partial charge in [-0.3, -0.25) is 14.6 Å². The van der Waals surface area contributed by atoms with Gasteiger partial charge in [-0.1, -0.05) is 12.8 Å². The van der Waals surface area contributed by atoms with Crippen LogP contribution < -0.4 is 5.43 Å². The van der Waals surface area contributed by atoms with Crippen molar-refractivity contribution < 1.29 is 9.59 Å². The number of carbonyl (C=O) groups is 2. The van der Waals surface area contributed by atoms with Gasteiger partial charge in [0, 0.05) is 25.4 Å². The molecule has 90 valence electrons. The lowest BCUT2D eigenvalue weighted by atomic mass is 9.97. The molecule has 1 heterocycles. The van der Waals surface area contributed by atoms with Crippen LogP contribution in [0.2, 0.25) is 0 Å². The summed E-state index contributed by atoms with van der Waals surface area (Å²) in [5.74, 6) is 0.948. The Kier molecular flexibility index (Phi) is 3.59. The molecule has 0 bridgehead atoms. The zero-order valence-corrected chi connectivity index (χ0v) is 9.87. The fraction of sp³-hybridized carbons (Fsp3) is 0.833. The number of hydrazine groups is 1. The van der Waals surface area contributed by atoms with Crippen LogP contribution in [0.3, 0.4) is 0 Å². The summed E-state index contributed by atoms with van der Waals surface area (Å²) in [4.78, 5) is 22.6. The second-order valence-electron chi connectivity index (χ2n) is 4.98. The number of ketones is 1. The summed E-state index contributed by atoms with van der Waals surface area (Å²) in [7, 11) is 0. The van der Waals surface area contributed by atoms with E-state index in [0.717, 1.165) is 0 Å². The highest BCUT2D eigenvalue weighted by Crippen LogP contribution is 2.31. The maximum atomic E-state index is 11.7. The molecule has 4 nitrogen and oxygen atoms in total. The second kappa shape index (κ2) is 4.95. The first kappa shape index (κ1) is 11.6. The monoisotopic (exact) mass is 224 g/mol. The molecule has 0 spiro atoms. The molecule has 2 fully saturated rings. The Hall–Kier alpha value is -0.900. The summed E-state index contributed by atoms with van der Waals surface area (Å²) >= 11 is 0. The van der Waals surface area contributed by atoms with Crippen LogP contribution in [0, 0.1) is 5.92 Å². The van der Waals surface area contributed by atoms with Gasteiger partial charge in [-0.15, -0.1) is 0 Å². The third-order valence-electron chi connectivity index (χ3n) is 3.67. The molecule has 16 heavy (non-hydrogen) atoms. The zero-order chi connectivity index (χ0) is 11.5. The van der Waals surface area contributed by atoms with Gasteiger partial charge in [0.15, 0.2) is 0 Å². The van der Waals surface area contributed by atoms with Crippen LogP contribution in [-0.2, 0) is 9.59 Å². The number of rotatable bonds is 4. The molecule has 1 amide bonds. The number of Topliss-reactive ketones (excluding diaryl/α,β-unsaturated/α-hetero) is 1. The first-order chi connectivity index (χ1) is 7.66. The maximum Gasteiger partial charge on any atom is 0.238 e. The van der Waals surface area contributed by atoms with Crippen LogP contribution in [0.5, 0.6) is 0 Å². The Morgan fingerprint density at radius 2 is 2.12 bits per heavy atom. The minimum absolute atomic E-state index is 0.138. The zero-order valence-electron chi connectivity index (χ0n) is 9.87. The van der Waals surface area contributed by atoms with Gasteiger partial charge < -0.3 is 0 Å². The third kappa shape index (κ3) is 2.61. The van der Waals surface area contributed by atoms with E-state index in [1.165, 1.54) is 25.7 Å². The van der Waals surface area contributed by atoms with Crippen molar-refractivity contribution in [1.29, 1.82) is 0 Å². The SMILES string of the molecule is CC(=O)CCN1NC(C2CCCC2)CC1=O. The first-order valence-corrected chi connectivity index (χ1v) is 6.23. The molecule has 1 saturated carbocycles. The minimum atomic E-state index is 0.138. The van der Waals surface area contributed by atoms with E-state index in [0.29, 0.717) is 31.3 Å². The van der Waals surface area contributed by atoms with E-state index in [4.69, 9.17) is 0 Å². The van der Waals surface area contributed by atoms with Crippen LogP contribution in [0.4, 0.5) is 0 Å². The fourth-order valence-corrected chi connectivity index (χ4v) is 2.71. The van der Waals surface area contributed by atoms with Gasteiger partial charge in [0.1, 0.15) is 5.78 Å². The topological polar surface area (TPSA) is 49.4 Å². The number of amides is 1. The molecule has 1 aliphatic heterocycles. The van der Waals surface area contributed by atoms with Crippen molar-refractivity contribution >= 4 is 11.7 Å². The predicted molar refractivity (Wildman–Crippen MR) is 60.5 cm³/mol. The van der Waals surface area contributed by atoms with E-state index in [9.17, 15) is 9.59 Å². The Morgan fingerprint density at radius 1 is 1.44 bits per heavy atom. The largest absolute Gasteiger partial charge is 0.300 e. The van der Waals surface area contributed by atoms with Crippen molar-refractivity contribution in [2.24, 2.45) is 5.92 Å². The van der Waals surface area contributed by atoms with Gasteiger partial charge in [0.05, 0.1) is 0 Å². The van der Waals surface area contributed by atoms with E-state index >= 15 is 0 Å². The number of nitrogens with zero attached hydrogens (tertiary/aromatic N) is 1. The van der Waals surface area contributed by atoms with Crippen LogP contribution >= 0.6 is 0 Å². The van der Waals surface area contributed by atoms with Crippen molar-refractivity contribution in [3.05, 3.63) is 0 Å². The summed E-state index contributed by atoms with van der Waals surface area (Å²) in [6.45, 7) is 2.09. The second-order valence-corrected chi connectivity index (χ2v) is 4.98. The smallest absolute Gasteiger partial charge is 0.238 e. The summed E-state index contributed by atoms with van der Waals surface area (Å²) in [6, 6.07) is 0.321. The number of hydrogen-bond donors (Lipinski definition) is 1. The predicted octanol–water partition coefficient (Wildman–Crippen LogP) is 1.26. The molecule has 0 radical (unpaired) electrons. The molecule has 1 atom stereocenters. The van der Waals surface area contributed by atoms with Crippen LogP contribution in [0.1, 0.15) is 45.4 Å². The highest BCUT2D eigenvalue weighted by Gasteiger charge is 2.35. The number of hydrogen-bond acceptors (Lipinski definition) is 3. The van der Waals surface area contributed by atoms with E-state index in [-0.39, 0.29) is 11.7 Å². The third-order valence-corrected chi connectivity index (χ3v) is 3.67. The molecule has 0 aromatic rings.